The van der Waals surface area contributed by atoms with Gasteiger partial charge >= 0.3 is 5.97 Å². The van der Waals surface area contributed by atoms with Crippen molar-refractivity contribution in [1.29, 1.82) is 0 Å². The Hall–Kier alpha value is -1.55. The van der Waals surface area contributed by atoms with Gasteiger partial charge in [-0.15, -0.1) is 0 Å². The van der Waals surface area contributed by atoms with Crippen LogP contribution in [0.15, 0.2) is 18.2 Å². The van der Waals surface area contributed by atoms with Gasteiger partial charge in [0.2, 0.25) is 6.29 Å². The maximum absolute atomic E-state index is 11.1. The average molecular weight is 180 g/mol. The number of benzene rings is 1. The summed E-state index contributed by atoms with van der Waals surface area (Å²) in [4.78, 5) is 11.1. The Morgan fingerprint density at radius 1 is 1.54 bits per heavy atom. The number of fused-ring (bicyclic) bond motifs is 1. The lowest BCUT2D eigenvalue weighted by atomic mass is 10.1. The van der Waals surface area contributed by atoms with Crippen molar-refractivity contribution in [2.24, 2.45) is 0 Å². The smallest absolute Gasteiger partial charge is 0.341 e. The summed E-state index contributed by atoms with van der Waals surface area (Å²) in [5.41, 5.74) is 0.779. The third kappa shape index (κ3) is 1.07. The lowest BCUT2D eigenvalue weighted by Gasteiger charge is -2.06. The van der Waals surface area contributed by atoms with Gasteiger partial charge in [0.1, 0.15) is 5.75 Å². The number of hydrogen-bond donors (Lipinski definition) is 1. The Labute approximate surface area is 74.7 Å². The molecule has 68 valence electrons. The third-order valence-electron chi connectivity index (χ3n) is 1.97. The van der Waals surface area contributed by atoms with Crippen molar-refractivity contribution in [3.8, 4) is 5.75 Å². The molecule has 0 aliphatic carbocycles. The molecule has 0 unspecified atom stereocenters. The highest BCUT2D eigenvalue weighted by atomic mass is 16.6. The van der Waals surface area contributed by atoms with Gasteiger partial charge in [-0.3, -0.25) is 0 Å². The van der Waals surface area contributed by atoms with Gasteiger partial charge in [0.25, 0.3) is 0 Å². The minimum absolute atomic E-state index is 0.367. The summed E-state index contributed by atoms with van der Waals surface area (Å²) in [7, 11) is 1.48. The Bertz CT molecular complexity index is 359. The second-order valence-corrected chi connectivity index (χ2v) is 2.68. The normalized spacial score (nSPS) is 19.5. The van der Waals surface area contributed by atoms with E-state index in [1.54, 1.807) is 18.2 Å². The molecule has 4 nitrogen and oxygen atoms in total. The molecule has 0 saturated heterocycles. The third-order valence-corrected chi connectivity index (χ3v) is 1.97. The summed E-state index contributed by atoms with van der Waals surface area (Å²) in [5, 5.41) is 9.34. The van der Waals surface area contributed by atoms with Crippen LogP contribution in [0.5, 0.6) is 5.75 Å². The van der Waals surface area contributed by atoms with Crippen molar-refractivity contribution in [3.05, 3.63) is 29.3 Å². The second kappa shape index (κ2) is 2.74. The minimum atomic E-state index is -1.20. The summed E-state index contributed by atoms with van der Waals surface area (Å²) < 4.78 is 9.59. The van der Waals surface area contributed by atoms with E-state index in [1.165, 1.54) is 7.11 Å². The highest BCUT2D eigenvalue weighted by molar-refractivity contribution is 5.94. The van der Waals surface area contributed by atoms with Crippen molar-refractivity contribution >= 4 is 5.97 Å². The topological polar surface area (TPSA) is 55.8 Å². The summed E-state index contributed by atoms with van der Waals surface area (Å²) in [5.74, 6) is -0.0442. The van der Waals surface area contributed by atoms with E-state index >= 15 is 0 Å². The number of ether oxygens (including phenoxy) is 2. The number of hydrogen-bond acceptors (Lipinski definition) is 4. The van der Waals surface area contributed by atoms with Crippen LogP contribution in [0.4, 0.5) is 0 Å². The van der Waals surface area contributed by atoms with E-state index in [0.29, 0.717) is 16.9 Å². The number of carbonyl (C=O) groups excluding carboxylic acids is 1. The van der Waals surface area contributed by atoms with Crippen LogP contribution >= 0.6 is 0 Å². The van der Waals surface area contributed by atoms with Crippen molar-refractivity contribution in [1.82, 2.24) is 0 Å². The standard InChI is InChI=1S/C9H8O4/c1-12-6-4-2-3-5-7(6)9(11)13-8(5)10/h2-4,9,11H,1H3/t9-/m0/s1. The van der Waals surface area contributed by atoms with Gasteiger partial charge in [-0.05, 0) is 12.1 Å². The van der Waals surface area contributed by atoms with Crippen LogP contribution in [0, 0.1) is 0 Å². The van der Waals surface area contributed by atoms with Crippen LogP contribution < -0.4 is 4.74 Å². The zero-order chi connectivity index (χ0) is 9.42. The first kappa shape index (κ1) is 8.07. The molecule has 4 heteroatoms. The van der Waals surface area contributed by atoms with E-state index in [2.05, 4.69) is 4.74 Å². The van der Waals surface area contributed by atoms with Gasteiger partial charge in [0.15, 0.2) is 0 Å². The van der Waals surface area contributed by atoms with Gasteiger partial charge in [0.05, 0.1) is 18.2 Å². The summed E-state index contributed by atoms with van der Waals surface area (Å²) in [6.45, 7) is 0. The Kier molecular flexibility index (Phi) is 1.70. The zero-order valence-electron chi connectivity index (χ0n) is 6.98. The van der Waals surface area contributed by atoms with Crippen molar-refractivity contribution in [2.75, 3.05) is 7.11 Å². The summed E-state index contributed by atoms with van der Waals surface area (Å²) in [6.07, 6.45) is -1.20. The average Bonchev–Trinajstić information content (AvgIpc) is 2.43. The fraction of sp³-hybridized carbons (Fsp3) is 0.222. The van der Waals surface area contributed by atoms with E-state index in [0.717, 1.165) is 0 Å². The number of cyclic esters (lactones) is 1. The molecule has 0 spiro atoms. The van der Waals surface area contributed by atoms with Crippen molar-refractivity contribution in [3.63, 3.8) is 0 Å². The molecule has 1 aromatic carbocycles. The first-order valence-electron chi connectivity index (χ1n) is 3.80. The second-order valence-electron chi connectivity index (χ2n) is 2.68. The molecule has 1 N–H and O–H groups in total. The SMILES string of the molecule is COc1cccc2c1[C@@H](O)OC2=O. The first-order valence-corrected chi connectivity index (χ1v) is 3.80. The largest absolute Gasteiger partial charge is 0.496 e. The van der Waals surface area contributed by atoms with Crippen LogP contribution in [0.3, 0.4) is 0 Å². The molecule has 2 rings (SSSR count). The lowest BCUT2D eigenvalue weighted by Crippen LogP contribution is -1.97. The number of carbonyl (C=O) groups is 1. The molecule has 1 heterocycles. The molecule has 0 bridgehead atoms. The maximum atomic E-state index is 11.1. The number of rotatable bonds is 1. The molecule has 1 atom stereocenters. The molecule has 1 aromatic rings. The molecule has 0 fully saturated rings. The van der Waals surface area contributed by atoms with Crippen molar-refractivity contribution < 1.29 is 19.4 Å². The molecular formula is C9H8O4. The minimum Gasteiger partial charge on any atom is -0.496 e. The fourth-order valence-electron chi connectivity index (χ4n) is 1.38. The Morgan fingerprint density at radius 3 is 3.00 bits per heavy atom. The van der Waals surface area contributed by atoms with E-state index in [4.69, 9.17) is 4.74 Å². The van der Waals surface area contributed by atoms with Gasteiger partial charge in [-0.25, -0.2) is 4.79 Å². The number of aliphatic hydroxyl groups is 1. The van der Waals surface area contributed by atoms with Crippen LogP contribution in [0.25, 0.3) is 0 Å². The molecule has 0 saturated carbocycles. The number of esters is 1. The summed E-state index contributed by atoms with van der Waals surface area (Å²) >= 11 is 0. The zero-order valence-corrected chi connectivity index (χ0v) is 6.98. The van der Waals surface area contributed by atoms with E-state index in [9.17, 15) is 9.90 Å². The lowest BCUT2D eigenvalue weighted by molar-refractivity contribution is -0.0555. The van der Waals surface area contributed by atoms with Gasteiger partial charge in [-0.1, -0.05) is 6.07 Å². The molecule has 0 aromatic heterocycles. The van der Waals surface area contributed by atoms with Gasteiger partial charge in [0, 0.05) is 0 Å². The van der Waals surface area contributed by atoms with E-state index in [1.807, 2.05) is 0 Å². The Balaban J connectivity index is 2.62. The molecule has 13 heavy (non-hydrogen) atoms. The van der Waals surface area contributed by atoms with Crippen molar-refractivity contribution in [2.45, 2.75) is 6.29 Å². The first-order chi connectivity index (χ1) is 6.24. The van der Waals surface area contributed by atoms with Gasteiger partial charge < -0.3 is 14.6 Å². The molecule has 1 aliphatic rings. The van der Waals surface area contributed by atoms with Crippen LogP contribution in [0.1, 0.15) is 22.2 Å². The number of methoxy groups -OCH3 is 1. The van der Waals surface area contributed by atoms with E-state index in [-0.39, 0.29) is 0 Å². The van der Waals surface area contributed by atoms with Crippen LogP contribution in [-0.4, -0.2) is 18.2 Å². The Morgan fingerprint density at radius 2 is 2.31 bits per heavy atom. The van der Waals surface area contributed by atoms with Gasteiger partial charge in [-0.2, -0.15) is 0 Å². The van der Waals surface area contributed by atoms with E-state index < -0.39 is 12.3 Å². The fourth-order valence-corrected chi connectivity index (χ4v) is 1.38. The molecule has 1 aliphatic heterocycles. The maximum Gasteiger partial charge on any atom is 0.341 e. The predicted molar refractivity (Wildman–Crippen MR) is 43.4 cm³/mol. The number of aliphatic hydroxyl groups excluding tert-OH is 1. The molecule has 0 amide bonds. The quantitative estimate of drug-likeness (QED) is 0.651. The highest BCUT2D eigenvalue weighted by Crippen LogP contribution is 2.35. The van der Waals surface area contributed by atoms with Crippen LogP contribution in [-0.2, 0) is 4.74 Å². The van der Waals surface area contributed by atoms with Crippen LogP contribution in [0.2, 0.25) is 0 Å². The molecule has 0 radical (unpaired) electrons. The molecular weight excluding hydrogens is 172 g/mol. The summed E-state index contributed by atoms with van der Waals surface area (Å²) in [6, 6.07) is 4.94. The predicted octanol–water partition coefficient (Wildman–Crippen LogP) is 0.856. The monoisotopic (exact) mass is 180 g/mol. The highest BCUT2D eigenvalue weighted by Gasteiger charge is 2.32.